The Hall–Kier alpha value is -0.690. The lowest BCUT2D eigenvalue weighted by molar-refractivity contribution is -0.121. The van der Waals surface area contributed by atoms with Crippen LogP contribution in [0.25, 0.3) is 0 Å². The summed E-state index contributed by atoms with van der Waals surface area (Å²) in [5.74, 6) is 0.860. The van der Waals surface area contributed by atoms with Crippen molar-refractivity contribution < 1.29 is 23.7 Å². The zero-order valence-electron chi connectivity index (χ0n) is 19.3. The zero-order chi connectivity index (χ0) is 21.4. The van der Waals surface area contributed by atoms with E-state index in [0.717, 1.165) is 51.4 Å². The summed E-state index contributed by atoms with van der Waals surface area (Å²) >= 11 is 0. The molecule has 0 aromatic carbocycles. The second-order valence-corrected chi connectivity index (χ2v) is 7.79. The van der Waals surface area contributed by atoms with Gasteiger partial charge in [-0.15, -0.1) is 0 Å². The van der Waals surface area contributed by atoms with Gasteiger partial charge in [0.05, 0.1) is 33.0 Å². The van der Waals surface area contributed by atoms with E-state index < -0.39 is 0 Å². The molecule has 0 heterocycles. The molecule has 0 aromatic heterocycles. The number of hydrogen-bond acceptors (Lipinski definition) is 5. The number of unbranched alkanes of at least 4 members (excludes halogenated alkanes) is 5. The maximum Gasteiger partial charge on any atom is 0.220 e. The molecule has 0 atom stereocenters. The summed E-state index contributed by atoms with van der Waals surface area (Å²) in [6.45, 7) is 12.4. The highest BCUT2D eigenvalue weighted by Gasteiger charge is 2.01. The number of rotatable bonds is 23. The predicted molar refractivity (Wildman–Crippen MR) is 118 cm³/mol. The first-order valence-electron chi connectivity index (χ1n) is 11.7. The molecule has 0 aliphatic heterocycles. The molecule has 0 aliphatic carbocycles. The molecule has 0 fully saturated rings. The molecule has 0 radical (unpaired) electrons. The third-order valence-electron chi connectivity index (χ3n) is 4.53. The Morgan fingerprint density at radius 1 is 0.690 bits per heavy atom. The molecule has 0 aliphatic rings. The molecule has 0 bridgehead atoms. The molecule has 6 heteroatoms. The van der Waals surface area contributed by atoms with Gasteiger partial charge < -0.3 is 24.3 Å². The van der Waals surface area contributed by atoms with Crippen molar-refractivity contribution in [3.8, 4) is 0 Å². The molecule has 174 valence electrons. The van der Waals surface area contributed by atoms with Gasteiger partial charge in [-0.05, 0) is 38.5 Å². The first kappa shape index (κ1) is 28.3. The van der Waals surface area contributed by atoms with Gasteiger partial charge in [-0.2, -0.15) is 0 Å². The maximum atomic E-state index is 11.7. The Morgan fingerprint density at radius 2 is 1.24 bits per heavy atom. The number of carbonyl (C=O) groups is 1. The van der Waals surface area contributed by atoms with E-state index >= 15 is 0 Å². The highest BCUT2D eigenvalue weighted by atomic mass is 16.5. The summed E-state index contributed by atoms with van der Waals surface area (Å²) in [7, 11) is 0. The fourth-order valence-corrected chi connectivity index (χ4v) is 2.83. The fraction of sp³-hybridized carbons (Fsp3) is 0.957. The third kappa shape index (κ3) is 25.3. The van der Waals surface area contributed by atoms with E-state index in [4.69, 9.17) is 18.9 Å². The van der Waals surface area contributed by atoms with Gasteiger partial charge in [-0.1, -0.05) is 39.5 Å². The van der Waals surface area contributed by atoms with Crippen LogP contribution in [0.5, 0.6) is 0 Å². The Balaban J connectivity index is 3.14. The van der Waals surface area contributed by atoms with Crippen LogP contribution in [-0.4, -0.2) is 65.3 Å². The Morgan fingerprint density at radius 3 is 1.90 bits per heavy atom. The molecule has 1 N–H and O–H groups in total. The Bertz CT molecular complexity index is 339. The van der Waals surface area contributed by atoms with Gasteiger partial charge in [-0.3, -0.25) is 4.79 Å². The first-order valence-corrected chi connectivity index (χ1v) is 11.7. The lowest BCUT2D eigenvalue weighted by Crippen LogP contribution is -2.27. The van der Waals surface area contributed by atoms with E-state index in [1.165, 1.54) is 25.7 Å². The monoisotopic (exact) mass is 417 g/mol. The minimum Gasteiger partial charge on any atom is -0.382 e. The van der Waals surface area contributed by atoms with E-state index in [2.05, 4.69) is 19.2 Å². The fourth-order valence-electron chi connectivity index (χ4n) is 2.83. The summed E-state index contributed by atoms with van der Waals surface area (Å²) in [4.78, 5) is 11.7. The van der Waals surface area contributed by atoms with Crippen LogP contribution in [-0.2, 0) is 23.7 Å². The summed E-state index contributed by atoms with van der Waals surface area (Å²) in [5, 5.41) is 2.91. The van der Waals surface area contributed by atoms with Gasteiger partial charge in [0.2, 0.25) is 5.91 Å². The molecule has 0 aromatic rings. The lowest BCUT2D eigenvalue weighted by atomic mass is 10.1. The smallest absolute Gasteiger partial charge is 0.220 e. The van der Waals surface area contributed by atoms with Crippen LogP contribution in [0.4, 0.5) is 0 Å². The SMILES string of the molecule is CCOCCCCCCCCC(=O)NCCOCCOCCOCCCC(C)C. The standard InChI is InChI=1S/C23H47NO5/c1-4-26-15-10-8-6-5-7-9-13-23(25)24-14-17-28-19-21-29-20-18-27-16-11-12-22(2)3/h22H,4-21H2,1-3H3,(H,24,25). The first-order chi connectivity index (χ1) is 14.2. The van der Waals surface area contributed by atoms with Crippen molar-refractivity contribution in [3.05, 3.63) is 0 Å². The molecule has 0 saturated carbocycles. The maximum absolute atomic E-state index is 11.7. The van der Waals surface area contributed by atoms with Gasteiger partial charge in [0.1, 0.15) is 0 Å². The minimum atomic E-state index is 0.121. The van der Waals surface area contributed by atoms with Crippen molar-refractivity contribution >= 4 is 5.91 Å². The second kappa shape index (κ2) is 23.6. The largest absolute Gasteiger partial charge is 0.382 e. The molecule has 1 amide bonds. The molecule has 0 rings (SSSR count). The van der Waals surface area contributed by atoms with Crippen molar-refractivity contribution in [2.75, 3.05) is 59.4 Å². The van der Waals surface area contributed by atoms with E-state index in [1.54, 1.807) is 0 Å². The lowest BCUT2D eigenvalue weighted by Gasteiger charge is -2.08. The molecule has 0 spiro atoms. The molecular weight excluding hydrogens is 370 g/mol. The van der Waals surface area contributed by atoms with Crippen LogP contribution < -0.4 is 5.32 Å². The quantitative estimate of drug-likeness (QED) is 0.250. The normalized spacial score (nSPS) is 11.3. The van der Waals surface area contributed by atoms with Crippen LogP contribution in [0.15, 0.2) is 0 Å². The van der Waals surface area contributed by atoms with Crippen LogP contribution in [0.3, 0.4) is 0 Å². The van der Waals surface area contributed by atoms with Crippen LogP contribution in [0, 0.1) is 5.92 Å². The summed E-state index contributed by atoms with van der Waals surface area (Å²) in [6, 6.07) is 0. The number of hydrogen-bond donors (Lipinski definition) is 1. The van der Waals surface area contributed by atoms with Gasteiger partial charge in [0, 0.05) is 32.8 Å². The van der Waals surface area contributed by atoms with E-state index in [9.17, 15) is 4.79 Å². The summed E-state index contributed by atoms with van der Waals surface area (Å²) < 4.78 is 21.7. The second-order valence-electron chi connectivity index (χ2n) is 7.79. The Labute approximate surface area is 179 Å². The van der Waals surface area contributed by atoms with E-state index in [1.807, 2.05) is 6.92 Å². The average Bonchev–Trinajstić information content (AvgIpc) is 2.70. The summed E-state index contributed by atoms with van der Waals surface area (Å²) in [6.07, 6.45) is 9.81. The number of ether oxygens (including phenoxy) is 4. The van der Waals surface area contributed by atoms with Gasteiger partial charge in [-0.25, -0.2) is 0 Å². The highest BCUT2D eigenvalue weighted by molar-refractivity contribution is 5.75. The Kier molecular flexibility index (Phi) is 23.0. The van der Waals surface area contributed by atoms with Crippen LogP contribution >= 0.6 is 0 Å². The zero-order valence-corrected chi connectivity index (χ0v) is 19.3. The van der Waals surface area contributed by atoms with Crippen LogP contribution in [0.2, 0.25) is 0 Å². The van der Waals surface area contributed by atoms with Crippen molar-refractivity contribution in [1.29, 1.82) is 0 Å². The highest BCUT2D eigenvalue weighted by Crippen LogP contribution is 2.07. The molecule has 0 saturated heterocycles. The average molecular weight is 418 g/mol. The van der Waals surface area contributed by atoms with Gasteiger partial charge >= 0.3 is 0 Å². The molecular formula is C23H47NO5. The van der Waals surface area contributed by atoms with Crippen LogP contribution in [0.1, 0.15) is 78.6 Å². The number of amides is 1. The number of nitrogens with one attached hydrogen (secondary N) is 1. The molecule has 0 unspecified atom stereocenters. The van der Waals surface area contributed by atoms with Crippen molar-refractivity contribution in [2.45, 2.75) is 78.6 Å². The topological polar surface area (TPSA) is 66.0 Å². The number of carbonyl (C=O) groups excluding carboxylic acids is 1. The minimum absolute atomic E-state index is 0.121. The molecule has 29 heavy (non-hydrogen) atoms. The van der Waals surface area contributed by atoms with Gasteiger partial charge in [0.15, 0.2) is 0 Å². The van der Waals surface area contributed by atoms with E-state index in [-0.39, 0.29) is 5.91 Å². The van der Waals surface area contributed by atoms with Gasteiger partial charge in [0.25, 0.3) is 0 Å². The van der Waals surface area contributed by atoms with E-state index in [0.29, 0.717) is 46.0 Å². The van der Waals surface area contributed by atoms with Crippen molar-refractivity contribution in [1.82, 2.24) is 5.32 Å². The molecule has 6 nitrogen and oxygen atoms in total. The predicted octanol–water partition coefficient (Wildman–Crippen LogP) is 4.36. The third-order valence-corrected chi connectivity index (χ3v) is 4.53. The van der Waals surface area contributed by atoms with Crippen molar-refractivity contribution in [3.63, 3.8) is 0 Å². The van der Waals surface area contributed by atoms with Crippen molar-refractivity contribution in [2.24, 2.45) is 5.92 Å². The summed E-state index contributed by atoms with van der Waals surface area (Å²) in [5.41, 5.74) is 0.